The minimum absolute atomic E-state index is 0.0259. The van der Waals surface area contributed by atoms with Crippen LogP contribution in [0.25, 0.3) is 0 Å². The van der Waals surface area contributed by atoms with Gasteiger partial charge in [-0.3, -0.25) is 9.13 Å². The summed E-state index contributed by atoms with van der Waals surface area (Å²) in [4.78, 5) is 31.1. The highest BCUT2D eigenvalue weighted by atomic mass is 127. The number of nitrogen functional groups attached to an aromatic ring is 2. The molecule has 0 amide bonds. The first-order valence-electron chi connectivity index (χ1n) is 11.9. The Kier molecular flexibility index (Phi) is 10.9. The molecule has 2 saturated heterocycles. The number of aromatic nitrogens is 4. The lowest BCUT2D eigenvalue weighted by Gasteiger charge is -2.16. The van der Waals surface area contributed by atoms with Crippen molar-refractivity contribution in [1.29, 1.82) is 0 Å². The van der Waals surface area contributed by atoms with E-state index in [4.69, 9.17) is 25.7 Å². The number of hydrogen-bond acceptors (Lipinski definition) is 10. The number of rotatable bonds is 7. The van der Waals surface area contributed by atoms with Crippen molar-refractivity contribution in [2.24, 2.45) is 0 Å². The fourth-order valence-corrected chi connectivity index (χ4v) is 5.02. The minimum atomic E-state index is -0.535. The zero-order valence-electron chi connectivity index (χ0n) is 20.6. The Balaban J connectivity index is 0.000000208. The van der Waals surface area contributed by atoms with Gasteiger partial charge in [-0.15, -0.1) is 6.58 Å². The highest BCUT2D eigenvalue weighted by Crippen LogP contribution is 2.32. The van der Waals surface area contributed by atoms with Gasteiger partial charge >= 0.3 is 11.4 Å². The SMILES string of the molecule is C=CCOC1CC(n2cc(I)c(N)nc2=O)OC1CC.CCC1OC(n2cc(I)c(N)nc2=O)CC1O. The zero-order valence-corrected chi connectivity index (χ0v) is 24.9. The Hall–Kier alpha value is -1.60. The second kappa shape index (κ2) is 13.5. The fraction of sp³-hybridized carbons (Fsp3) is 0.565. The maximum Gasteiger partial charge on any atom is 0.351 e. The molecule has 204 valence electrons. The standard InChI is InChI=1S/C13H18IN3O3.C10H14IN3O3/c1-3-5-19-10-6-11(20-9(10)4-2)17-7-8(14)12(15)16-13(17)18;1-2-7-6(15)3-8(17-7)14-4-5(11)9(12)13-10(14)16/h3,7,9-11H,1,4-6H2,2H3,(H2,15,16,18);4,6-8,15H,2-3H2,1H3,(H2,12,13,16). The van der Waals surface area contributed by atoms with Crippen LogP contribution in [-0.4, -0.2) is 55.2 Å². The van der Waals surface area contributed by atoms with Gasteiger partial charge in [0.2, 0.25) is 0 Å². The van der Waals surface area contributed by atoms with Crippen LogP contribution in [-0.2, 0) is 14.2 Å². The maximum absolute atomic E-state index is 11.9. The summed E-state index contributed by atoms with van der Waals surface area (Å²) < 4.78 is 21.5. The van der Waals surface area contributed by atoms with E-state index in [2.05, 4.69) is 16.5 Å². The normalized spacial score (nSPS) is 27.1. The highest BCUT2D eigenvalue weighted by molar-refractivity contribution is 14.1. The predicted molar refractivity (Wildman–Crippen MR) is 155 cm³/mol. The molecule has 14 heteroatoms. The molecule has 4 heterocycles. The average molecular weight is 742 g/mol. The molecule has 2 aromatic rings. The van der Waals surface area contributed by atoms with Crippen LogP contribution >= 0.6 is 45.2 Å². The predicted octanol–water partition coefficient (Wildman–Crippen LogP) is 2.19. The van der Waals surface area contributed by atoms with Gasteiger partial charge < -0.3 is 30.8 Å². The van der Waals surface area contributed by atoms with E-state index in [0.717, 1.165) is 9.99 Å². The van der Waals surface area contributed by atoms with E-state index < -0.39 is 23.7 Å². The number of aliphatic hydroxyl groups is 1. The Morgan fingerprint density at radius 2 is 1.51 bits per heavy atom. The van der Waals surface area contributed by atoms with Gasteiger partial charge in [-0.05, 0) is 58.0 Å². The summed E-state index contributed by atoms with van der Waals surface area (Å²) in [5, 5.41) is 9.75. The molecule has 2 aliphatic rings. The van der Waals surface area contributed by atoms with Gasteiger partial charge in [0.15, 0.2) is 0 Å². The Bertz CT molecular complexity index is 1210. The van der Waals surface area contributed by atoms with E-state index in [-0.39, 0.29) is 36.2 Å². The Morgan fingerprint density at radius 3 is 1.97 bits per heavy atom. The van der Waals surface area contributed by atoms with Crippen molar-refractivity contribution < 1.29 is 19.3 Å². The summed E-state index contributed by atoms with van der Waals surface area (Å²) in [6.07, 6.45) is 5.93. The van der Waals surface area contributed by atoms with Gasteiger partial charge in [-0.2, -0.15) is 9.97 Å². The molecule has 2 fully saturated rings. The molecule has 5 N–H and O–H groups in total. The van der Waals surface area contributed by atoms with Crippen LogP contribution < -0.4 is 22.8 Å². The van der Waals surface area contributed by atoms with Crippen LogP contribution in [0.1, 0.15) is 52.0 Å². The number of halogens is 2. The number of hydrogen-bond donors (Lipinski definition) is 3. The molecule has 12 nitrogen and oxygen atoms in total. The molecule has 0 bridgehead atoms. The molecule has 4 rings (SSSR count). The lowest BCUT2D eigenvalue weighted by atomic mass is 10.1. The lowest BCUT2D eigenvalue weighted by molar-refractivity contribution is -0.0356. The first-order chi connectivity index (χ1) is 17.6. The summed E-state index contributed by atoms with van der Waals surface area (Å²) >= 11 is 4.06. The topological polar surface area (TPSA) is 170 Å². The van der Waals surface area contributed by atoms with Crippen LogP contribution in [0.15, 0.2) is 34.6 Å². The van der Waals surface area contributed by atoms with Crippen LogP contribution in [0.5, 0.6) is 0 Å². The van der Waals surface area contributed by atoms with Crippen molar-refractivity contribution >= 4 is 56.8 Å². The summed E-state index contributed by atoms with van der Waals surface area (Å²) in [5.41, 5.74) is 10.3. The third-order valence-corrected chi connectivity index (χ3v) is 7.77. The van der Waals surface area contributed by atoms with Gasteiger partial charge in [-0.1, -0.05) is 19.9 Å². The van der Waals surface area contributed by atoms with Gasteiger partial charge in [0.1, 0.15) is 24.1 Å². The number of anilines is 2. The molecular weight excluding hydrogens is 710 g/mol. The van der Waals surface area contributed by atoms with Gasteiger partial charge in [-0.25, -0.2) is 9.59 Å². The largest absolute Gasteiger partial charge is 0.390 e. The van der Waals surface area contributed by atoms with Gasteiger partial charge in [0.25, 0.3) is 0 Å². The van der Waals surface area contributed by atoms with E-state index in [1.807, 2.05) is 59.0 Å². The molecule has 37 heavy (non-hydrogen) atoms. The van der Waals surface area contributed by atoms with Crippen molar-refractivity contribution in [1.82, 2.24) is 19.1 Å². The molecule has 0 aromatic carbocycles. The number of nitrogens with zero attached hydrogens (tertiary/aromatic N) is 4. The molecule has 2 aromatic heterocycles. The van der Waals surface area contributed by atoms with Crippen molar-refractivity contribution in [2.45, 2.75) is 76.4 Å². The van der Waals surface area contributed by atoms with E-state index in [0.29, 0.717) is 29.4 Å². The quantitative estimate of drug-likeness (QED) is 0.283. The molecular formula is C23H32I2N6O6. The van der Waals surface area contributed by atoms with Gasteiger partial charge in [0, 0.05) is 25.2 Å². The molecule has 0 aliphatic carbocycles. The summed E-state index contributed by atoms with van der Waals surface area (Å²) in [7, 11) is 0. The van der Waals surface area contributed by atoms with E-state index in [9.17, 15) is 14.7 Å². The van der Waals surface area contributed by atoms with E-state index >= 15 is 0 Å². The fourth-order valence-electron chi connectivity index (χ4n) is 4.18. The second-order valence-corrected chi connectivity index (χ2v) is 10.9. The summed E-state index contributed by atoms with van der Waals surface area (Å²) in [6, 6.07) is 0. The second-order valence-electron chi connectivity index (χ2n) is 8.60. The van der Waals surface area contributed by atoms with Crippen LogP contribution in [0, 0.1) is 7.14 Å². The first kappa shape index (κ1) is 29.9. The van der Waals surface area contributed by atoms with Crippen molar-refractivity contribution in [3.63, 3.8) is 0 Å². The van der Waals surface area contributed by atoms with Crippen LogP contribution in [0.3, 0.4) is 0 Å². The number of nitrogens with two attached hydrogens (primary N) is 2. The number of ether oxygens (including phenoxy) is 3. The minimum Gasteiger partial charge on any atom is -0.390 e. The highest BCUT2D eigenvalue weighted by Gasteiger charge is 2.36. The smallest absolute Gasteiger partial charge is 0.351 e. The summed E-state index contributed by atoms with van der Waals surface area (Å²) in [6.45, 7) is 8.08. The Labute approximate surface area is 241 Å². The van der Waals surface area contributed by atoms with Gasteiger partial charge in [0.05, 0.1) is 38.2 Å². The first-order valence-corrected chi connectivity index (χ1v) is 14.0. The lowest BCUT2D eigenvalue weighted by Crippen LogP contribution is -2.28. The Morgan fingerprint density at radius 1 is 1.03 bits per heavy atom. The molecule has 6 atom stereocenters. The average Bonchev–Trinajstić information content (AvgIpc) is 3.45. The van der Waals surface area contributed by atoms with E-state index in [1.165, 1.54) is 9.13 Å². The molecule has 0 spiro atoms. The third kappa shape index (κ3) is 7.29. The number of aliphatic hydroxyl groups excluding tert-OH is 1. The van der Waals surface area contributed by atoms with Crippen molar-refractivity contribution in [3.8, 4) is 0 Å². The maximum atomic E-state index is 11.9. The van der Waals surface area contributed by atoms with Crippen molar-refractivity contribution in [2.75, 3.05) is 18.1 Å². The molecule has 0 radical (unpaired) electrons. The molecule has 0 saturated carbocycles. The summed E-state index contributed by atoms with van der Waals surface area (Å²) in [5.74, 6) is 0.466. The monoisotopic (exact) mass is 742 g/mol. The van der Waals surface area contributed by atoms with Crippen molar-refractivity contribution in [3.05, 3.63) is 53.2 Å². The van der Waals surface area contributed by atoms with Crippen LogP contribution in [0.4, 0.5) is 11.6 Å². The molecule has 2 aliphatic heterocycles. The molecule has 6 unspecified atom stereocenters. The zero-order chi connectivity index (χ0) is 27.3. The third-order valence-electron chi connectivity index (χ3n) is 6.11. The van der Waals surface area contributed by atoms with Crippen LogP contribution in [0.2, 0.25) is 0 Å². The van der Waals surface area contributed by atoms with E-state index in [1.54, 1.807) is 18.5 Å².